The fraction of sp³-hybridized carbons (Fsp3) is 1.00. The van der Waals surface area contributed by atoms with Gasteiger partial charge in [-0.05, 0) is 67.3 Å². The first-order chi connectivity index (χ1) is 12.7. The number of halogens is 2. The molecule has 8 atom stereocenters. The van der Waals surface area contributed by atoms with Crippen LogP contribution in [-0.2, 0) is 0 Å². The Morgan fingerprint density at radius 3 is 1.89 bits per heavy atom. The molecule has 2 aliphatic heterocycles. The lowest BCUT2D eigenvalue weighted by atomic mass is 10.00. The number of likely N-dealkylation sites (N-methyl/N-ethyl adjacent to an activating group) is 1. The number of hydrazine groups is 1. The van der Waals surface area contributed by atoms with E-state index in [1.807, 2.05) is 0 Å². The largest absolute Gasteiger partial charge is 0.286 e. The molecule has 2 saturated heterocycles. The van der Waals surface area contributed by atoms with Crippen molar-refractivity contribution < 1.29 is 0 Å². The zero-order valence-electron chi connectivity index (χ0n) is 18.7. The minimum absolute atomic E-state index is 0.462. The Bertz CT molecular complexity index is 451. The van der Waals surface area contributed by atoms with Crippen LogP contribution in [0.1, 0.15) is 67.7 Å². The highest BCUT2D eigenvalue weighted by Gasteiger charge is 2.53. The van der Waals surface area contributed by atoms with Gasteiger partial charge in [-0.25, -0.2) is 10.0 Å². The monoisotopic (exact) mass is 604 g/mol. The molecule has 6 heteroatoms. The van der Waals surface area contributed by atoms with Crippen molar-refractivity contribution in [1.82, 2.24) is 19.8 Å². The van der Waals surface area contributed by atoms with E-state index in [1.54, 1.807) is 0 Å². The van der Waals surface area contributed by atoms with Gasteiger partial charge < -0.3 is 0 Å². The molecule has 27 heavy (non-hydrogen) atoms. The van der Waals surface area contributed by atoms with Gasteiger partial charge in [0.1, 0.15) is 0 Å². The van der Waals surface area contributed by atoms with E-state index < -0.39 is 0 Å². The van der Waals surface area contributed by atoms with Gasteiger partial charge in [-0.2, -0.15) is 0 Å². The fourth-order valence-electron chi connectivity index (χ4n) is 5.37. The molecule has 0 aromatic carbocycles. The summed E-state index contributed by atoms with van der Waals surface area (Å²) >= 11 is 5.19. The fourth-order valence-corrected chi connectivity index (χ4v) is 7.17. The van der Waals surface area contributed by atoms with Crippen molar-refractivity contribution in [3.05, 3.63) is 0 Å². The number of alkyl halides is 2. The van der Waals surface area contributed by atoms with Crippen LogP contribution in [0.15, 0.2) is 0 Å². The Hall–Kier alpha value is 1.30. The maximum absolute atomic E-state index is 2.88. The second-order valence-corrected chi connectivity index (χ2v) is 10.9. The first-order valence-electron chi connectivity index (χ1n) is 10.9. The van der Waals surface area contributed by atoms with E-state index in [2.05, 4.69) is 121 Å². The summed E-state index contributed by atoms with van der Waals surface area (Å²) in [6.07, 6.45) is 4.86. The molecule has 8 unspecified atom stereocenters. The molecule has 4 nitrogen and oxygen atoms in total. The summed E-state index contributed by atoms with van der Waals surface area (Å²) in [5.74, 6) is 0.722. The van der Waals surface area contributed by atoms with E-state index in [9.17, 15) is 0 Å². The van der Waals surface area contributed by atoms with Crippen molar-refractivity contribution in [2.75, 3.05) is 15.9 Å². The van der Waals surface area contributed by atoms with Crippen LogP contribution in [-0.4, -0.2) is 78.3 Å². The standard InChI is InChI=1S/C21H42I2N4/c1-9-10-20(13-23)21-25(14(2)11-12-22)16(4)18(6)27(21)26-17(5)15(3)24(8)19(26)7/h14-21H,9-13H2,1-8H3. The van der Waals surface area contributed by atoms with Crippen molar-refractivity contribution in [3.63, 3.8) is 0 Å². The van der Waals surface area contributed by atoms with Crippen LogP contribution in [0.3, 0.4) is 0 Å². The van der Waals surface area contributed by atoms with Crippen LogP contribution in [0, 0.1) is 5.92 Å². The Balaban J connectivity index is 2.45. The molecule has 160 valence electrons. The molecule has 2 rings (SSSR count). The lowest BCUT2D eigenvalue weighted by Gasteiger charge is -2.46. The van der Waals surface area contributed by atoms with Crippen molar-refractivity contribution in [3.8, 4) is 0 Å². The molecule has 0 aromatic rings. The van der Waals surface area contributed by atoms with Crippen molar-refractivity contribution in [1.29, 1.82) is 0 Å². The highest BCUT2D eigenvalue weighted by molar-refractivity contribution is 14.1. The van der Waals surface area contributed by atoms with Gasteiger partial charge in [0, 0.05) is 39.1 Å². The molecule has 0 bridgehead atoms. The molecular weight excluding hydrogens is 562 g/mol. The van der Waals surface area contributed by atoms with Crippen LogP contribution in [0.2, 0.25) is 0 Å². The summed E-state index contributed by atoms with van der Waals surface area (Å²) in [4.78, 5) is 5.43. The minimum Gasteiger partial charge on any atom is -0.286 e. The topological polar surface area (TPSA) is 13.0 Å². The maximum atomic E-state index is 2.88. The van der Waals surface area contributed by atoms with Crippen LogP contribution >= 0.6 is 45.2 Å². The smallest absolute Gasteiger partial charge is 0.0805 e. The summed E-state index contributed by atoms with van der Waals surface area (Å²) in [6, 6.07) is 2.93. The van der Waals surface area contributed by atoms with E-state index in [0.29, 0.717) is 42.5 Å². The highest BCUT2D eigenvalue weighted by Crippen LogP contribution is 2.41. The Morgan fingerprint density at radius 2 is 1.44 bits per heavy atom. The van der Waals surface area contributed by atoms with Crippen molar-refractivity contribution in [2.24, 2.45) is 5.92 Å². The predicted molar refractivity (Wildman–Crippen MR) is 135 cm³/mol. The SMILES string of the molecule is CCCC(CI)C1N(C(C)CCI)C(C)C(C)N1N1C(C)C(C)N(C)C1C. The van der Waals surface area contributed by atoms with Gasteiger partial charge >= 0.3 is 0 Å². The summed E-state index contributed by atoms with van der Waals surface area (Å²) in [6.45, 7) is 16.9. The Labute approximate surface area is 196 Å². The van der Waals surface area contributed by atoms with Gasteiger partial charge in [-0.15, -0.1) is 0 Å². The quantitative estimate of drug-likeness (QED) is 0.284. The first kappa shape index (κ1) is 24.6. The lowest BCUT2D eigenvalue weighted by Crippen LogP contribution is -2.59. The third-order valence-electron chi connectivity index (χ3n) is 7.47. The third kappa shape index (κ3) is 4.65. The summed E-state index contributed by atoms with van der Waals surface area (Å²) in [7, 11) is 2.29. The molecule has 2 heterocycles. The molecule has 0 N–H and O–H groups in total. The molecule has 0 aromatic heterocycles. The Kier molecular flexibility index (Phi) is 9.60. The van der Waals surface area contributed by atoms with E-state index in [4.69, 9.17) is 0 Å². The molecule has 2 fully saturated rings. The van der Waals surface area contributed by atoms with E-state index in [-0.39, 0.29) is 0 Å². The lowest BCUT2D eigenvalue weighted by molar-refractivity contribution is -0.137. The second-order valence-electron chi connectivity index (χ2n) is 8.91. The second kappa shape index (κ2) is 10.6. The third-order valence-corrected chi connectivity index (χ3v) is 9.23. The van der Waals surface area contributed by atoms with Gasteiger partial charge in [0.15, 0.2) is 0 Å². The van der Waals surface area contributed by atoms with Gasteiger partial charge in [-0.3, -0.25) is 9.80 Å². The molecule has 0 saturated carbocycles. The molecule has 0 spiro atoms. The average Bonchev–Trinajstić information content (AvgIpc) is 2.99. The van der Waals surface area contributed by atoms with E-state index in [1.165, 1.54) is 28.1 Å². The predicted octanol–water partition coefficient (Wildman–Crippen LogP) is 5.06. The Morgan fingerprint density at radius 1 is 0.852 bits per heavy atom. The van der Waals surface area contributed by atoms with E-state index in [0.717, 1.165) is 5.92 Å². The van der Waals surface area contributed by atoms with Crippen LogP contribution in [0.4, 0.5) is 0 Å². The summed E-state index contributed by atoms with van der Waals surface area (Å²) in [5.41, 5.74) is 0. The average molecular weight is 604 g/mol. The summed E-state index contributed by atoms with van der Waals surface area (Å²) < 4.78 is 2.48. The molecule has 0 aliphatic carbocycles. The molecule has 2 aliphatic rings. The number of nitrogens with zero attached hydrogens (tertiary/aromatic N) is 4. The van der Waals surface area contributed by atoms with Crippen LogP contribution in [0.5, 0.6) is 0 Å². The molecular formula is C21H42I2N4. The molecule has 0 amide bonds. The van der Waals surface area contributed by atoms with E-state index >= 15 is 0 Å². The number of hydrogen-bond acceptors (Lipinski definition) is 4. The zero-order valence-corrected chi connectivity index (χ0v) is 23.0. The van der Waals surface area contributed by atoms with Gasteiger partial charge in [0.05, 0.1) is 12.3 Å². The highest BCUT2D eigenvalue weighted by atomic mass is 127. The van der Waals surface area contributed by atoms with Crippen LogP contribution < -0.4 is 0 Å². The van der Waals surface area contributed by atoms with Gasteiger partial charge in [0.2, 0.25) is 0 Å². The maximum Gasteiger partial charge on any atom is 0.0805 e. The van der Waals surface area contributed by atoms with Crippen LogP contribution in [0.25, 0.3) is 0 Å². The number of rotatable bonds is 8. The number of hydrogen-bond donors (Lipinski definition) is 0. The van der Waals surface area contributed by atoms with Gasteiger partial charge in [0.25, 0.3) is 0 Å². The summed E-state index contributed by atoms with van der Waals surface area (Å²) in [5, 5.41) is 5.56. The van der Waals surface area contributed by atoms with Gasteiger partial charge in [-0.1, -0.05) is 58.5 Å². The molecule has 0 radical (unpaired) electrons. The van der Waals surface area contributed by atoms with Crippen molar-refractivity contribution >= 4 is 45.2 Å². The normalized spacial score (nSPS) is 39.3. The first-order valence-corrected chi connectivity index (χ1v) is 14.0. The minimum atomic E-state index is 0.462. The zero-order chi connectivity index (χ0) is 20.5. The van der Waals surface area contributed by atoms with Crippen molar-refractivity contribution in [2.45, 2.75) is 110 Å².